The molecule has 0 spiro atoms. The zero-order valence-corrected chi connectivity index (χ0v) is 16.3. The molecular weight excluding hydrogens is 368 g/mol. The van der Waals surface area contributed by atoms with Gasteiger partial charge in [-0.2, -0.15) is 0 Å². The number of amides is 1. The van der Waals surface area contributed by atoms with Crippen molar-refractivity contribution in [3.05, 3.63) is 71.9 Å². The van der Waals surface area contributed by atoms with E-state index in [9.17, 15) is 4.79 Å². The minimum atomic E-state index is -0.194. The van der Waals surface area contributed by atoms with Crippen molar-refractivity contribution < 1.29 is 14.3 Å². The SMILES string of the molecule is COc1ccc2nc(-c3ccc(OC)c(NC(=O)c4ccccc4C)c3)cn2n1. The first kappa shape index (κ1) is 18.5. The number of anilines is 1. The Morgan fingerprint density at radius 2 is 1.86 bits per heavy atom. The molecule has 4 rings (SSSR count). The number of benzene rings is 2. The molecule has 0 bridgehead atoms. The van der Waals surface area contributed by atoms with Crippen LogP contribution in [0.2, 0.25) is 0 Å². The van der Waals surface area contributed by atoms with E-state index in [2.05, 4.69) is 15.4 Å². The van der Waals surface area contributed by atoms with Crippen LogP contribution in [0.15, 0.2) is 60.8 Å². The zero-order valence-electron chi connectivity index (χ0n) is 16.3. The molecule has 0 saturated heterocycles. The number of hydrogen-bond donors (Lipinski definition) is 1. The third-order valence-electron chi connectivity index (χ3n) is 4.64. The number of nitrogens with zero attached hydrogens (tertiary/aromatic N) is 3. The van der Waals surface area contributed by atoms with Crippen molar-refractivity contribution >= 4 is 17.2 Å². The normalized spacial score (nSPS) is 10.7. The van der Waals surface area contributed by atoms with Gasteiger partial charge in [-0.25, -0.2) is 9.50 Å². The maximum Gasteiger partial charge on any atom is 0.256 e. The van der Waals surface area contributed by atoms with Gasteiger partial charge < -0.3 is 14.8 Å². The molecule has 0 aliphatic heterocycles. The van der Waals surface area contributed by atoms with Crippen LogP contribution < -0.4 is 14.8 Å². The Hall–Kier alpha value is -3.87. The van der Waals surface area contributed by atoms with Crippen LogP contribution in [0, 0.1) is 6.92 Å². The van der Waals surface area contributed by atoms with E-state index in [1.165, 1.54) is 0 Å². The Bertz CT molecular complexity index is 1200. The molecule has 0 aliphatic carbocycles. The second-order valence-corrected chi connectivity index (χ2v) is 6.49. The molecule has 0 saturated carbocycles. The summed E-state index contributed by atoms with van der Waals surface area (Å²) in [6.45, 7) is 1.90. The summed E-state index contributed by atoms with van der Waals surface area (Å²) in [5.41, 5.74) is 4.34. The highest BCUT2D eigenvalue weighted by Gasteiger charge is 2.14. The fraction of sp³-hybridized carbons (Fsp3) is 0.136. The van der Waals surface area contributed by atoms with Crippen LogP contribution in [-0.2, 0) is 0 Å². The molecule has 7 nitrogen and oxygen atoms in total. The summed E-state index contributed by atoms with van der Waals surface area (Å²) in [6.07, 6.45) is 1.81. The number of aryl methyl sites for hydroxylation is 1. The first-order chi connectivity index (χ1) is 14.1. The van der Waals surface area contributed by atoms with Gasteiger partial charge in [-0.15, -0.1) is 5.10 Å². The maximum atomic E-state index is 12.8. The summed E-state index contributed by atoms with van der Waals surface area (Å²) in [6, 6.07) is 16.6. The van der Waals surface area contributed by atoms with Crippen LogP contribution >= 0.6 is 0 Å². The van der Waals surface area contributed by atoms with E-state index in [0.717, 1.165) is 16.8 Å². The molecule has 2 heterocycles. The number of imidazole rings is 1. The highest BCUT2D eigenvalue weighted by Crippen LogP contribution is 2.31. The maximum absolute atomic E-state index is 12.8. The Morgan fingerprint density at radius 1 is 1.03 bits per heavy atom. The lowest BCUT2D eigenvalue weighted by Crippen LogP contribution is -2.14. The van der Waals surface area contributed by atoms with Crippen LogP contribution in [0.1, 0.15) is 15.9 Å². The summed E-state index contributed by atoms with van der Waals surface area (Å²) in [5, 5.41) is 7.28. The van der Waals surface area contributed by atoms with Gasteiger partial charge >= 0.3 is 0 Å². The second kappa shape index (κ2) is 7.63. The lowest BCUT2D eigenvalue weighted by Gasteiger charge is -2.12. The monoisotopic (exact) mass is 388 g/mol. The van der Waals surface area contributed by atoms with Crippen molar-refractivity contribution in [3.8, 4) is 22.9 Å². The molecule has 4 aromatic rings. The fourth-order valence-electron chi connectivity index (χ4n) is 3.09. The summed E-state index contributed by atoms with van der Waals surface area (Å²) >= 11 is 0. The molecule has 7 heteroatoms. The molecule has 2 aromatic heterocycles. The average molecular weight is 388 g/mol. The predicted octanol–water partition coefficient (Wildman–Crippen LogP) is 3.97. The number of nitrogens with one attached hydrogen (secondary N) is 1. The average Bonchev–Trinajstić information content (AvgIpc) is 3.17. The summed E-state index contributed by atoms with van der Waals surface area (Å²) in [5.74, 6) is 0.876. The van der Waals surface area contributed by atoms with Crippen LogP contribution in [0.4, 0.5) is 5.69 Å². The minimum absolute atomic E-state index is 0.194. The molecule has 0 radical (unpaired) electrons. The van der Waals surface area contributed by atoms with Gasteiger partial charge in [0.2, 0.25) is 5.88 Å². The Morgan fingerprint density at radius 3 is 2.62 bits per heavy atom. The standard InChI is InChI=1S/C22H20N4O3/c1-14-6-4-5-7-16(14)22(27)24-17-12-15(8-9-19(17)28-2)18-13-26-20(23-18)10-11-21(25-26)29-3/h4-13H,1-3H3,(H,24,27). The lowest BCUT2D eigenvalue weighted by molar-refractivity contribution is 0.102. The van der Waals surface area contributed by atoms with Gasteiger partial charge in [0.05, 0.1) is 31.8 Å². The predicted molar refractivity (Wildman–Crippen MR) is 111 cm³/mol. The third-order valence-corrected chi connectivity index (χ3v) is 4.64. The largest absolute Gasteiger partial charge is 0.495 e. The minimum Gasteiger partial charge on any atom is -0.495 e. The van der Waals surface area contributed by atoms with Gasteiger partial charge in [0.1, 0.15) is 5.75 Å². The quantitative estimate of drug-likeness (QED) is 0.560. The molecule has 0 fully saturated rings. The van der Waals surface area contributed by atoms with Crippen molar-refractivity contribution in [2.24, 2.45) is 0 Å². The van der Waals surface area contributed by atoms with Crippen LogP contribution in [-0.4, -0.2) is 34.7 Å². The number of carbonyl (C=O) groups is 1. The van der Waals surface area contributed by atoms with Gasteiger partial charge in [0, 0.05) is 17.2 Å². The van der Waals surface area contributed by atoms with Gasteiger partial charge in [-0.05, 0) is 42.8 Å². The number of fused-ring (bicyclic) bond motifs is 1. The fourth-order valence-corrected chi connectivity index (χ4v) is 3.09. The first-order valence-corrected chi connectivity index (χ1v) is 9.05. The number of rotatable bonds is 5. The Balaban J connectivity index is 1.70. The van der Waals surface area contributed by atoms with Crippen molar-refractivity contribution in [1.29, 1.82) is 0 Å². The molecule has 1 amide bonds. The highest BCUT2D eigenvalue weighted by atomic mass is 16.5. The number of ether oxygens (including phenoxy) is 2. The molecule has 0 atom stereocenters. The molecule has 29 heavy (non-hydrogen) atoms. The number of methoxy groups -OCH3 is 2. The number of carbonyl (C=O) groups excluding carboxylic acids is 1. The summed E-state index contributed by atoms with van der Waals surface area (Å²) < 4.78 is 12.2. The van der Waals surface area contributed by atoms with Gasteiger partial charge in [-0.3, -0.25) is 4.79 Å². The topological polar surface area (TPSA) is 77.8 Å². The van der Waals surface area contributed by atoms with Gasteiger partial charge in [0.15, 0.2) is 5.65 Å². The number of hydrogen-bond acceptors (Lipinski definition) is 5. The van der Waals surface area contributed by atoms with E-state index in [4.69, 9.17) is 9.47 Å². The Labute approximate surface area is 167 Å². The number of aromatic nitrogens is 3. The van der Waals surface area contributed by atoms with Crippen LogP contribution in [0.25, 0.3) is 16.9 Å². The Kier molecular flexibility index (Phi) is 4.87. The third kappa shape index (κ3) is 3.62. The van der Waals surface area contributed by atoms with Crippen molar-refractivity contribution in [1.82, 2.24) is 14.6 Å². The van der Waals surface area contributed by atoms with E-state index in [1.54, 1.807) is 36.9 Å². The zero-order chi connectivity index (χ0) is 20.4. The van der Waals surface area contributed by atoms with Gasteiger partial charge in [0.25, 0.3) is 5.91 Å². The smallest absolute Gasteiger partial charge is 0.256 e. The summed E-state index contributed by atoms with van der Waals surface area (Å²) in [4.78, 5) is 17.3. The lowest BCUT2D eigenvalue weighted by atomic mass is 10.1. The van der Waals surface area contributed by atoms with Crippen LogP contribution in [0.5, 0.6) is 11.6 Å². The van der Waals surface area contributed by atoms with Crippen molar-refractivity contribution in [2.75, 3.05) is 19.5 Å². The van der Waals surface area contributed by atoms with E-state index in [1.807, 2.05) is 49.5 Å². The second-order valence-electron chi connectivity index (χ2n) is 6.49. The van der Waals surface area contributed by atoms with Crippen molar-refractivity contribution in [2.45, 2.75) is 6.92 Å². The summed E-state index contributed by atoms with van der Waals surface area (Å²) in [7, 11) is 3.14. The van der Waals surface area contributed by atoms with Gasteiger partial charge in [-0.1, -0.05) is 18.2 Å². The molecule has 0 aliphatic rings. The van der Waals surface area contributed by atoms with Crippen LogP contribution in [0.3, 0.4) is 0 Å². The molecule has 0 unspecified atom stereocenters. The van der Waals surface area contributed by atoms with E-state index in [0.29, 0.717) is 28.5 Å². The molecule has 1 N–H and O–H groups in total. The molecular formula is C22H20N4O3. The molecule has 146 valence electrons. The van der Waals surface area contributed by atoms with Crippen molar-refractivity contribution in [3.63, 3.8) is 0 Å². The highest BCUT2D eigenvalue weighted by molar-refractivity contribution is 6.06. The van der Waals surface area contributed by atoms with E-state index < -0.39 is 0 Å². The first-order valence-electron chi connectivity index (χ1n) is 9.05. The molecule has 2 aromatic carbocycles. The van der Waals surface area contributed by atoms with E-state index in [-0.39, 0.29) is 5.91 Å². The van der Waals surface area contributed by atoms with E-state index >= 15 is 0 Å².